The number of benzene rings is 1. The standard InChI is InChI=1S/C17H20N2O6S/c1-13-4-6-14(7-5-13)8-10-26(23,24)18-11-17(22)25-12-16(21)19-9-2-3-15(19)20/h4-8,10,18H,2-3,9,11-12H2,1H3/b10-8+. The number of likely N-dealkylation sites (tertiary alicyclic amines) is 1. The third-order valence-electron chi connectivity index (χ3n) is 3.67. The number of esters is 1. The smallest absolute Gasteiger partial charge is 0.321 e. The summed E-state index contributed by atoms with van der Waals surface area (Å²) < 4.78 is 30.4. The molecule has 2 amide bonds. The molecule has 1 aliphatic rings. The van der Waals surface area contributed by atoms with Crippen molar-refractivity contribution in [1.82, 2.24) is 9.62 Å². The predicted molar refractivity (Wildman–Crippen MR) is 94.0 cm³/mol. The molecule has 0 bridgehead atoms. The highest BCUT2D eigenvalue weighted by molar-refractivity contribution is 7.92. The first-order chi connectivity index (χ1) is 12.3. The molecule has 1 fully saturated rings. The zero-order valence-electron chi connectivity index (χ0n) is 14.3. The molecule has 8 nitrogen and oxygen atoms in total. The van der Waals surface area contributed by atoms with Gasteiger partial charge < -0.3 is 4.74 Å². The van der Waals surface area contributed by atoms with Gasteiger partial charge in [0.25, 0.3) is 5.91 Å². The van der Waals surface area contributed by atoms with Gasteiger partial charge in [0.2, 0.25) is 15.9 Å². The summed E-state index contributed by atoms with van der Waals surface area (Å²) in [6, 6.07) is 7.22. The van der Waals surface area contributed by atoms with Crippen LogP contribution >= 0.6 is 0 Å². The first kappa shape index (κ1) is 19.8. The fraction of sp³-hybridized carbons (Fsp3) is 0.353. The molecule has 1 aromatic rings. The molecule has 1 aromatic carbocycles. The minimum absolute atomic E-state index is 0.298. The molecule has 1 aliphatic heterocycles. The van der Waals surface area contributed by atoms with Gasteiger partial charge in [0.15, 0.2) is 6.61 Å². The number of rotatable bonds is 7. The highest BCUT2D eigenvalue weighted by atomic mass is 32.2. The lowest BCUT2D eigenvalue weighted by atomic mass is 10.2. The van der Waals surface area contributed by atoms with Crippen LogP contribution in [0.3, 0.4) is 0 Å². The molecule has 0 aliphatic carbocycles. The topological polar surface area (TPSA) is 110 Å². The summed E-state index contributed by atoms with van der Waals surface area (Å²) in [5, 5.41) is 0.943. The number of hydrogen-bond acceptors (Lipinski definition) is 6. The quantitative estimate of drug-likeness (QED) is 0.693. The Kier molecular flexibility index (Phi) is 6.64. The van der Waals surface area contributed by atoms with E-state index in [4.69, 9.17) is 4.74 Å². The van der Waals surface area contributed by atoms with Gasteiger partial charge in [0.05, 0.1) is 0 Å². The van der Waals surface area contributed by atoms with Crippen molar-refractivity contribution < 1.29 is 27.5 Å². The zero-order chi connectivity index (χ0) is 19.2. The summed E-state index contributed by atoms with van der Waals surface area (Å²) in [5.74, 6) is -1.81. The van der Waals surface area contributed by atoms with Crippen molar-refractivity contribution in [3.63, 3.8) is 0 Å². The molecule has 1 saturated heterocycles. The number of nitrogens with one attached hydrogen (secondary N) is 1. The molecule has 2 rings (SSSR count). The highest BCUT2D eigenvalue weighted by Gasteiger charge is 2.27. The molecule has 0 spiro atoms. The van der Waals surface area contributed by atoms with E-state index in [0.29, 0.717) is 24.9 Å². The number of nitrogens with zero attached hydrogens (tertiary/aromatic N) is 1. The predicted octanol–water partition coefficient (Wildman–Crippen LogP) is 0.577. The summed E-state index contributed by atoms with van der Waals surface area (Å²) >= 11 is 0. The monoisotopic (exact) mass is 380 g/mol. The van der Waals surface area contributed by atoms with Crippen LogP contribution in [-0.4, -0.2) is 50.8 Å². The average molecular weight is 380 g/mol. The molecular weight excluding hydrogens is 360 g/mol. The van der Waals surface area contributed by atoms with E-state index in [1.807, 2.05) is 19.1 Å². The SMILES string of the molecule is Cc1ccc(/C=C/S(=O)(=O)NCC(=O)OCC(=O)N2CCCC2=O)cc1. The number of amides is 2. The second-order valence-corrected chi connectivity index (χ2v) is 7.43. The third kappa shape index (κ3) is 6.08. The Hall–Kier alpha value is -2.52. The van der Waals surface area contributed by atoms with Crippen LogP contribution < -0.4 is 4.72 Å². The van der Waals surface area contributed by atoms with Crippen molar-refractivity contribution in [2.24, 2.45) is 0 Å². The van der Waals surface area contributed by atoms with E-state index in [-0.39, 0.29) is 5.91 Å². The molecular formula is C17H20N2O6S. The van der Waals surface area contributed by atoms with Crippen molar-refractivity contribution in [3.05, 3.63) is 40.8 Å². The van der Waals surface area contributed by atoms with Crippen LogP contribution in [0.1, 0.15) is 24.0 Å². The van der Waals surface area contributed by atoms with Crippen LogP contribution in [-0.2, 0) is 29.1 Å². The Morgan fingerprint density at radius 3 is 2.58 bits per heavy atom. The summed E-state index contributed by atoms with van der Waals surface area (Å²) in [4.78, 5) is 35.7. The lowest BCUT2D eigenvalue weighted by Crippen LogP contribution is -2.37. The largest absolute Gasteiger partial charge is 0.455 e. The number of ether oxygens (including phenoxy) is 1. The van der Waals surface area contributed by atoms with Crippen LogP contribution in [0.5, 0.6) is 0 Å². The fourth-order valence-electron chi connectivity index (χ4n) is 2.24. The lowest BCUT2D eigenvalue weighted by Gasteiger charge is -2.13. The van der Waals surface area contributed by atoms with Crippen LogP contribution in [0.15, 0.2) is 29.7 Å². The number of sulfonamides is 1. The number of aryl methyl sites for hydroxylation is 1. The maximum Gasteiger partial charge on any atom is 0.321 e. The van der Waals surface area contributed by atoms with E-state index in [1.54, 1.807) is 12.1 Å². The Morgan fingerprint density at radius 2 is 1.96 bits per heavy atom. The molecule has 140 valence electrons. The van der Waals surface area contributed by atoms with Crippen LogP contribution in [0.2, 0.25) is 0 Å². The van der Waals surface area contributed by atoms with Crippen LogP contribution in [0.25, 0.3) is 6.08 Å². The number of imide groups is 1. The van der Waals surface area contributed by atoms with Gasteiger partial charge in [0, 0.05) is 18.4 Å². The molecule has 0 unspecified atom stereocenters. The molecule has 0 aromatic heterocycles. The van der Waals surface area contributed by atoms with E-state index in [0.717, 1.165) is 15.9 Å². The molecule has 0 radical (unpaired) electrons. The van der Waals surface area contributed by atoms with Crippen molar-refractivity contribution in [1.29, 1.82) is 0 Å². The van der Waals surface area contributed by atoms with E-state index in [9.17, 15) is 22.8 Å². The van der Waals surface area contributed by atoms with E-state index >= 15 is 0 Å². The Labute approximate surface area is 151 Å². The second-order valence-electron chi connectivity index (χ2n) is 5.78. The van der Waals surface area contributed by atoms with E-state index in [1.165, 1.54) is 6.08 Å². The molecule has 0 saturated carbocycles. The maximum atomic E-state index is 11.8. The first-order valence-electron chi connectivity index (χ1n) is 8.00. The van der Waals surface area contributed by atoms with Crippen LogP contribution in [0, 0.1) is 6.92 Å². The van der Waals surface area contributed by atoms with Gasteiger partial charge in [-0.25, -0.2) is 13.1 Å². The van der Waals surface area contributed by atoms with Crippen molar-refractivity contribution >= 4 is 33.9 Å². The minimum Gasteiger partial charge on any atom is -0.455 e. The molecule has 1 heterocycles. The molecule has 0 atom stereocenters. The molecule has 1 N–H and O–H groups in total. The molecule has 9 heteroatoms. The summed E-state index contributed by atoms with van der Waals surface area (Å²) in [5.41, 5.74) is 1.75. The van der Waals surface area contributed by atoms with Crippen molar-refractivity contribution in [2.45, 2.75) is 19.8 Å². The van der Waals surface area contributed by atoms with Gasteiger partial charge in [-0.05, 0) is 25.0 Å². The summed E-state index contributed by atoms with van der Waals surface area (Å²) in [6.45, 7) is 1.03. The Morgan fingerprint density at radius 1 is 1.27 bits per heavy atom. The average Bonchev–Trinajstić information content (AvgIpc) is 3.03. The second kappa shape index (κ2) is 8.72. The summed E-state index contributed by atoms with van der Waals surface area (Å²) in [7, 11) is -3.83. The van der Waals surface area contributed by atoms with Crippen molar-refractivity contribution in [2.75, 3.05) is 19.7 Å². The van der Waals surface area contributed by atoms with Gasteiger partial charge in [-0.1, -0.05) is 29.8 Å². The number of carbonyl (C=O) groups excluding carboxylic acids is 3. The summed E-state index contributed by atoms with van der Waals surface area (Å²) in [6.07, 6.45) is 2.29. The zero-order valence-corrected chi connectivity index (χ0v) is 15.1. The van der Waals surface area contributed by atoms with Gasteiger partial charge in [-0.3, -0.25) is 19.3 Å². The van der Waals surface area contributed by atoms with Gasteiger partial charge in [-0.2, -0.15) is 0 Å². The van der Waals surface area contributed by atoms with Crippen LogP contribution in [0.4, 0.5) is 0 Å². The highest BCUT2D eigenvalue weighted by Crippen LogP contribution is 2.09. The normalized spacial score (nSPS) is 14.8. The Balaban J connectivity index is 1.77. The lowest BCUT2D eigenvalue weighted by molar-refractivity contribution is -0.153. The van der Waals surface area contributed by atoms with Gasteiger partial charge >= 0.3 is 5.97 Å². The van der Waals surface area contributed by atoms with E-state index < -0.39 is 35.1 Å². The number of hydrogen-bond donors (Lipinski definition) is 1. The Bertz CT molecular complexity index is 814. The van der Waals surface area contributed by atoms with Gasteiger partial charge in [-0.15, -0.1) is 0 Å². The molecule has 26 heavy (non-hydrogen) atoms. The van der Waals surface area contributed by atoms with E-state index in [2.05, 4.69) is 4.72 Å². The third-order valence-corrected chi connectivity index (χ3v) is 4.71. The maximum absolute atomic E-state index is 11.8. The van der Waals surface area contributed by atoms with Gasteiger partial charge in [0.1, 0.15) is 6.54 Å². The first-order valence-corrected chi connectivity index (χ1v) is 9.55. The van der Waals surface area contributed by atoms with Crippen molar-refractivity contribution in [3.8, 4) is 0 Å². The number of carbonyl (C=O) groups is 3. The minimum atomic E-state index is -3.83. The fourth-order valence-corrected chi connectivity index (χ4v) is 2.99.